The van der Waals surface area contributed by atoms with Gasteiger partial charge in [-0.15, -0.1) is 0 Å². The number of aromatic nitrogens is 1. The number of fused-ring (bicyclic) bond motifs is 1. The summed E-state index contributed by atoms with van der Waals surface area (Å²) in [5.41, 5.74) is 3.30. The summed E-state index contributed by atoms with van der Waals surface area (Å²) in [5, 5.41) is 14.2. The summed E-state index contributed by atoms with van der Waals surface area (Å²) in [4.78, 5) is 21.6. The molecule has 1 aliphatic carbocycles. The first-order chi connectivity index (χ1) is 15.3. The molecule has 32 heavy (non-hydrogen) atoms. The molecule has 2 N–H and O–H groups in total. The van der Waals surface area contributed by atoms with Crippen LogP contribution in [0, 0.1) is 5.92 Å². The van der Waals surface area contributed by atoms with Crippen LogP contribution in [0.1, 0.15) is 43.5 Å². The molecular weight excluding hydrogens is 424 g/mol. The number of nitrogens with one attached hydrogen (secondary N) is 1. The summed E-state index contributed by atoms with van der Waals surface area (Å²) in [7, 11) is 0. The summed E-state index contributed by atoms with van der Waals surface area (Å²) in [6.07, 6.45) is 5.40. The van der Waals surface area contributed by atoms with Crippen LogP contribution in [0.25, 0.3) is 0 Å². The summed E-state index contributed by atoms with van der Waals surface area (Å²) in [5.74, 6) is 0.794. The fourth-order valence-electron chi connectivity index (χ4n) is 4.35. The van der Waals surface area contributed by atoms with Crippen LogP contribution in [0.2, 0.25) is 5.02 Å². The minimum absolute atomic E-state index is 0.0994. The highest BCUT2D eigenvalue weighted by Gasteiger charge is 2.27. The lowest BCUT2D eigenvalue weighted by molar-refractivity contribution is -0.133. The Hall–Kier alpha value is -2.15. The average molecular weight is 457 g/mol. The SMILES string of the molecule is CC(C)(O)CN(Cc1ncccc1Cl)C(=O)CNc1cccc2c1CCN(CC1CC1)C2. The quantitative estimate of drug-likeness (QED) is 0.602. The second kappa shape index (κ2) is 9.77. The van der Waals surface area contributed by atoms with E-state index in [1.807, 2.05) is 0 Å². The van der Waals surface area contributed by atoms with Crippen molar-refractivity contribution in [2.75, 3.05) is 31.5 Å². The van der Waals surface area contributed by atoms with Gasteiger partial charge in [0.2, 0.25) is 5.91 Å². The van der Waals surface area contributed by atoms with Crippen molar-refractivity contribution in [1.29, 1.82) is 0 Å². The molecule has 7 heteroatoms. The Balaban J connectivity index is 1.42. The third-order valence-corrected chi connectivity index (χ3v) is 6.44. The predicted octanol–water partition coefficient (Wildman–Crippen LogP) is 3.71. The molecule has 1 fully saturated rings. The van der Waals surface area contributed by atoms with Gasteiger partial charge < -0.3 is 15.3 Å². The van der Waals surface area contributed by atoms with Crippen molar-refractivity contribution in [2.45, 2.75) is 51.8 Å². The molecule has 0 bridgehead atoms. The molecule has 2 heterocycles. The summed E-state index contributed by atoms with van der Waals surface area (Å²) in [6.45, 7) is 7.26. The number of nitrogens with zero attached hydrogens (tertiary/aromatic N) is 3. The van der Waals surface area contributed by atoms with Gasteiger partial charge in [0.25, 0.3) is 0 Å². The van der Waals surface area contributed by atoms with Gasteiger partial charge in [0.1, 0.15) is 0 Å². The molecule has 1 aromatic heterocycles. The van der Waals surface area contributed by atoms with E-state index in [9.17, 15) is 9.90 Å². The van der Waals surface area contributed by atoms with Gasteiger partial charge in [0, 0.05) is 38.1 Å². The van der Waals surface area contributed by atoms with Gasteiger partial charge in [-0.2, -0.15) is 0 Å². The van der Waals surface area contributed by atoms with Gasteiger partial charge in [-0.05, 0) is 68.4 Å². The van der Waals surface area contributed by atoms with E-state index in [-0.39, 0.29) is 25.5 Å². The normalized spacial score (nSPS) is 16.5. The van der Waals surface area contributed by atoms with Crippen molar-refractivity contribution in [3.05, 3.63) is 58.4 Å². The number of aliphatic hydroxyl groups is 1. The molecule has 2 aliphatic rings. The van der Waals surface area contributed by atoms with Crippen molar-refractivity contribution in [1.82, 2.24) is 14.8 Å². The number of carbonyl (C=O) groups is 1. The number of amides is 1. The van der Waals surface area contributed by atoms with Gasteiger partial charge in [-0.3, -0.25) is 14.7 Å². The van der Waals surface area contributed by atoms with E-state index in [0.29, 0.717) is 10.7 Å². The van der Waals surface area contributed by atoms with Gasteiger partial charge in [0.15, 0.2) is 0 Å². The number of hydrogen-bond acceptors (Lipinski definition) is 5. The van der Waals surface area contributed by atoms with Crippen LogP contribution in [0.15, 0.2) is 36.5 Å². The van der Waals surface area contributed by atoms with Crippen LogP contribution in [-0.4, -0.2) is 57.6 Å². The second-order valence-electron chi connectivity index (χ2n) is 9.72. The minimum Gasteiger partial charge on any atom is -0.389 e. The van der Waals surface area contributed by atoms with Crippen LogP contribution < -0.4 is 5.32 Å². The van der Waals surface area contributed by atoms with E-state index < -0.39 is 5.60 Å². The Morgan fingerprint density at radius 3 is 2.84 bits per heavy atom. The zero-order valence-electron chi connectivity index (χ0n) is 19.0. The third kappa shape index (κ3) is 6.21. The first-order valence-corrected chi connectivity index (χ1v) is 11.8. The van der Waals surface area contributed by atoms with Gasteiger partial charge in [0.05, 0.1) is 29.4 Å². The molecule has 172 valence electrons. The Kier molecular flexibility index (Phi) is 7.03. The lowest BCUT2D eigenvalue weighted by atomic mass is 9.97. The number of benzene rings is 1. The highest BCUT2D eigenvalue weighted by Crippen LogP contribution is 2.33. The van der Waals surface area contributed by atoms with Gasteiger partial charge in [-0.1, -0.05) is 23.7 Å². The molecule has 0 unspecified atom stereocenters. The van der Waals surface area contributed by atoms with Crippen molar-refractivity contribution in [2.24, 2.45) is 5.92 Å². The van der Waals surface area contributed by atoms with Crippen molar-refractivity contribution in [3.63, 3.8) is 0 Å². The van der Waals surface area contributed by atoms with Crippen LogP contribution in [-0.2, 0) is 24.3 Å². The summed E-state index contributed by atoms with van der Waals surface area (Å²) in [6, 6.07) is 9.84. The molecule has 1 aliphatic heterocycles. The molecule has 1 amide bonds. The van der Waals surface area contributed by atoms with E-state index in [1.54, 1.807) is 37.1 Å². The molecule has 0 spiro atoms. The summed E-state index contributed by atoms with van der Waals surface area (Å²) >= 11 is 6.26. The summed E-state index contributed by atoms with van der Waals surface area (Å²) < 4.78 is 0. The maximum absolute atomic E-state index is 13.1. The van der Waals surface area contributed by atoms with Crippen molar-refractivity contribution >= 4 is 23.2 Å². The number of rotatable bonds is 9. The lowest BCUT2D eigenvalue weighted by Crippen LogP contribution is -2.44. The smallest absolute Gasteiger partial charge is 0.242 e. The molecule has 0 radical (unpaired) electrons. The Morgan fingerprint density at radius 1 is 1.31 bits per heavy atom. The fraction of sp³-hybridized carbons (Fsp3) is 0.520. The number of carbonyl (C=O) groups excluding carboxylic acids is 1. The fourth-order valence-corrected chi connectivity index (χ4v) is 4.53. The number of halogens is 1. The first kappa shape index (κ1) is 23.0. The van der Waals surface area contributed by atoms with Crippen molar-refractivity contribution < 1.29 is 9.90 Å². The topological polar surface area (TPSA) is 68.7 Å². The standard InChI is InChI=1S/C25H33ClN4O2/c1-25(2,32)17-30(16-23-21(26)6-4-11-27-23)24(31)13-28-22-7-3-5-19-15-29(12-10-20(19)22)14-18-8-9-18/h3-7,11,18,28,32H,8-10,12-17H2,1-2H3. The Labute approximate surface area is 195 Å². The molecule has 0 saturated heterocycles. The number of hydrogen-bond donors (Lipinski definition) is 2. The number of pyridine rings is 1. The molecule has 0 atom stereocenters. The van der Waals surface area contributed by atoms with E-state index in [0.717, 1.165) is 31.1 Å². The van der Waals surface area contributed by atoms with E-state index in [4.69, 9.17) is 11.6 Å². The monoisotopic (exact) mass is 456 g/mol. The maximum Gasteiger partial charge on any atom is 0.242 e. The van der Waals surface area contributed by atoms with Crippen LogP contribution >= 0.6 is 11.6 Å². The third-order valence-electron chi connectivity index (χ3n) is 6.09. The molecular formula is C25H33ClN4O2. The van der Waals surface area contributed by atoms with Crippen LogP contribution in [0.4, 0.5) is 5.69 Å². The zero-order valence-corrected chi connectivity index (χ0v) is 19.7. The average Bonchev–Trinajstić information content (AvgIpc) is 3.56. The Morgan fingerprint density at radius 2 is 2.12 bits per heavy atom. The Bertz CT molecular complexity index is 955. The molecule has 1 aromatic carbocycles. The first-order valence-electron chi connectivity index (χ1n) is 11.4. The zero-order chi connectivity index (χ0) is 22.7. The lowest BCUT2D eigenvalue weighted by Gasteiger charge is -2.31. The maximum atomic E-state index is 13.1. The molecule has 2 aromatic rings. The minimum atomic E-state index is -1.02. The highest BCUT2D eigenvalue weighted by atomic mass is 35.5. The van der Waals surface area contributed by atoms with E-state index in [1.165, 1.54) is 30.5 Å². The van der Waals surface area contributed by atoms with Crippen molar-refractivity contribution in [3.8, 4) is 0 Å². The number of anilines is 1. The van der Waals surface area contributed by atoms with Crippen LogP contribution in [0.5, 0.6) is 0 Å². The van der Waals surface area contributed by atoms with E-state index >= 15 is 0 Å². The van der Waals surface area contributed by atoms with Gasteiger partial charge in [-0.25, -0.2) is 0 Å². The van der Waals surface area contributed by atoms with E-state index in [2.05, 4.69) is 33.4 Å². The van der Waals surface area contributed by atoms with Crippen LogP contribution in [0.3, 0.4) is 0 Å². The largest absolute Gasteiger partial charge is 0.389 e. The second-order valence-corrected chi connectivity index (χ2v) is 10.1. The highest BCUT2D eigenvalue weighted by molar-refractivity contribution is 6.31. The van der Waals surface area contributed by atoms with Gasteiger partial charge >= 0.3 is 0 Å². The molecule has 6 nitrogen and oxygen atoms in total. The molecule has 4 rings (SSSR count). The predicted molar refractivity (Wildman–Crippen MR) is 128 cm³/mol. The molecule has 1 saturated carbocycles.